The normalized spacial score (nSPS) is 11.6. The van der Waals surface area contributed by atoms with E-state index in [1.54, 1.807) is 6.21 Å². The van der Waals surface area contributed by atoms with Gasteiger partial charge in [-0.2, -0.15) is 18.3 Å². The molecule has 0 saturated carbocycles. The summed E-state index contributed by atoms with van der Waals surface area (Å²) < 4.78 is 43.3. The van der Waals surface area contributed by atoms with E-state index in [1.165, 1.54) is 12.1 Å². The smallest absolute Gasteiger partial charge is 0.416 e. The van der Waals surface area contributed by atoms with Crippen molar-refractivity contribution in [2.45, 2.75) is 12.8 Å². The van der Waals surface area contributed by atoms with Gasteiger partial charge in [0.1, 0.15) is 12.4 Å². The van der Waals surface area contributed by atoms with Crippen molar-refractivity contribution in [3.8, 4) is 5.75 Å². The molecule has 0 atom stereocenters. The van der Waals surface area contributed by atoms with Crippen LogP contribution in [-0.2, 0) is 12.8 Å². The van der Waals surface area contributed by atoms with Crippen LogP contribution in [0.4, 0.5) is 18.9 Å². The van der Waals surface area contributed by atoms with E-state index in [4.69, 9.17) is 16.3 Å². The molecule has 0 heterocycles. The highest BCUT2D eigenvalue weighted by molar-refractivity contribution is 6.30. The molecular formula is C21H16ClF3N2O. The molecule has 28 heavy (non-hydrogen) atoms. The molecule has 0 amide bonds. The minimum atomic E-state index is -4.35. The third-order valence-corrected chi connectivity index (χ3v) is 4.07. The molecule has 0 aliphatic carbocycles. The number of hydrogen-bond donors (Lipinski definition) is 1. The second kappa shape index (κ2) is 8.80. The molecule has 144 valence electrons. The molecule has 0 aromatic heterocycles. The fraction of sp³-hybridized carbons (Fsp3) is 0.0952. The summed E-state index contributed by atoms with van der Waals surface area (Å²) in [6, 6.07) is 19.4. The molecular weight excluding hydrogens is 389 g/mol. The number of rotatable bonds is 6. The lowest BCUT2D eigenvalue weighted by atomic mass is 10.2. The van der Waals surface area contributed by atoms with Crippen molar-refractivity contribution in [1.29, 1.82) is 0 Å². The van der Waals surface area contributed by atoms with Crippen LogP contribution in [0.3, 0.4) is 0 Å². The average molecular weight is 405 g/mol. The molecule has 3 nitrogen and oxygen atoms in total. The lowest BCUT2D eigenvalue weighted by Crippen LogP contribution is -2.04. The van der Waals surface area contributed by atoms with Gasteiger partial charge in [0.2, 0.25) is 0 Å². The van der Waals surface area contributed by atoms with Crippen molar-refractivity contribution in [1.82, 2.24) is 0 Å². The molecule has 0 saturated heterocycles. The number of ether oxygens (including phenoxy) is 1. The molecule has 0 bridgehead atoms. The topological polar surface area (TPSA) is 33.6 Å². The Bertz CT molecular complexity index is 922. The minimum Gasteiger partial charge on any atom is -0.489 e. The van der Waals surface area contributed by atoms with E-state index in [0.717, 1.165) is 23.3 Å². The van der Waals surface area contributed by atoms with E-state index in [2.05, 4.69) is 10.5 Å². The first kappa shape index (κ1) is 19.8. The highest BCUT2D eigenvalue weighted by Crippen LogP contribution is 2.29. The summed E-state index contributed by atoms with van der Waals surface area (Å²) in [4.78, 5) is 0. The molecule has 0 unspecified atom stereocenters. The molecule has 3 aromatic rings. The quantitative estimate of drug-likeness (QED) is 0.382. The average Bonchev–Trinajstić information content (AvgIpc) is 2.68. The Morgan fingerprint density at radius 1 is 0.893 bits per heavy atom. The molecule has 0 radical (unpaired) electrons. The van der Waals surface area contributed by atoms with Crippen molar-refractivity contribution in [3.63, 3.8) is 0 Å². The van der Waals surface area contributed by atoms with Crippen LogP contribution in [0.15, 0.2) is 77.9 Å². The monoisotopic (exact) mass is 404 g/mol. The van der Waals surface area contributed by atoms with E-state index in [-0.39, 0.29) is 0 Å². The van der Waals surface area contributed by atoms with E-state index in [1.807, 2.05) is 48.5 Å². The van der Waals surface area contributed by atoms with Crippen molar-refractivity contribution in [2.24, 2.45) is 5.10 Å². The van der Waals surface area contributed by atoms with Crippen LogP contribution in [0.25, 0.3) is 0 Å². The second-order valence-electron chi connectivity index (χ2n) is 5.93. The van der Waals surface area contributed by atoms with Crippen molar-refractivity contribution in [3.05, 3.63) is 94.5 Å². The van der Waals surface area contributed by atoms with Gasteiger partial charge in [-0.15, -0.1) is 0 Å². The first-order valence-electron chi connectivity index (χ1n) is 8.34. The SMILES string of the molecule is FC(F)(F)c1ccc(NN=Cc2ccc(OCc3ccc(Cl)cc3)cc2)cc1. The largest absolute Gasteiger partial charge is 0.489 e. The van der Waals surface area contributed by atoms with Crippen molar-refractivity contribution in [2.75, 3.05) is 5.43 Å². The summed E-state index contributed by atoms with van der Waals surface area (Å²) in [5, 5.41) is 4.70. The molecule has 0 fully saturated rings. The fourth-order valence-corrected chi connectivity index (χ4v) is 2.44. The van der Waals surface area contributed by atoms with Crippen molar-refractivity contribution < 1.29 is 17.9 Å². The second-order valence-corrected chi connectivity index (χ2v) is 6.37. The van der Waals surface area contributed by atoms with Gasteiger partial charge in [-0.1, -0.05) is 23.7 Å². The van der Waals surface area contributed by atoms with Gasteiger partial charge < -0.3 is 4.74 Å². The van der Waals surface area contributed by atoms with Gasteiger partial charge in [0.25, 0.3) is 0 Å². The standard InChI is InChI=1S/C21H16ClF3N2O/c22-18-7-1-16(2-8-18)14-28-20-11-3-15(4-12-20)13-26-27-19-9-5-17(6-10-19)21(23,24)25/h1-13,27H,14H2. The fourth-order valence-electron chi connectivity index (χ4n) is 2.31. The molecule has 1 N–H and O–H groups in total. The molecule has 0 aliphatic heterocycles. The number of hydrogen-bond acceptors (Lipinski definition) is 3. The zero-order valence-electron chi connectivity index (χ0n) is 14.6. The highest BCUT2D eigenvalue weighted by atomic mass is 35.5. The maximum Gasteiger partial charge on any atom is 0.416 e. The van der Waals surface area contributed by atoms with Crippen molar-refractivity contribution >= 4 is 23.5 Å². The summed E-state index contributed by atoms with van der Waals surface area (Å²) in [6.07, 6.45) is -2.78. The van der Waals surface area contributed by atoms with E-state index >= 15 is 0 Å². The summed E-state index contributed by atoms with van der Waals surface area (Å²) >= 11 is 5.85. The van der Waals surface area contributed by atoms with Gasteiger partial charge in [-0.05, 0) is 71.8 Å². The number of nitrogens with zero attached hydrogens (tertiary/aromatic N) is 1. The van der Waals surface area contributed by atoms with Gasteiger partial charge in [0.15, 0.2) is 0 Å². The summed E-state index contributed by atoms with van der Waals surface area (Å²) in [7, 11) is 0. The Kier molecular flexibility index (Phi) is 6.21. The van der Waals surface area contributed by atoms with Crippen LogP contribution >= 0.6 is 11.6 Å². The maximum absolute atomic E-state index is 12.5. The van der Waals surface area contributed by atoms with Crippen LogP contribution in [-0.4, -0.2) is 6.21 Å². The number of halogens is 4. The lowest BCUT2D eigenvalue weighted by Gasteiger charge is -2.07. The highest BCUT2D eigenvalue weighted by Gasteiger charge is 2.29. The summed E-state index contributed by atoms with van der Waals surface area (Å²) in [5.74, 6) is 0.711. The number of alkyl halides is 3. The predicted molar refractivity (Wildman–Crippen MR) is 105 cm³/mol. The summed E-state index contributed by atoms with van der Waals surface area (Å²) in [5.41, 5.74) is 4.29. The third-order valence-electron chi connectivity index (χ3n) is 3.82. The van der Waals surface area contributed by atoms with Crippen LogP contribution in [0.1, 0.15) is 16.7 Å². The lowest BCUT2D eigenvalue weighted by molar-refractivity contribution is -0.137. The Morgan fingerprint density at radius 3 is 2.14 bits per heavy atom. The molecule has 3 aromatic carbocycles. The molecule has 7 heteroatoms. The Balaban J connectivity index is 1.51. The number of anilines is 1. The first-order valence-corrected chi connectivity index (χ1v) is 8.71. The van der Waals surface area contributed by atoms with Gasteiger partial charge in [-0.25, -0.2) is 0 Å². The Labute approximate surface area is 165 Å². The van der Waals surface area contributed by atoms with Gasteiger partial charge >= 0.3 is 6.18 Å². The molecule has 0 aliphatic rings. The zero-order valence-corrected chi connectivity index (χ0v) is 15.3. The number of benzene rings is 3. The molecule has 0 spiro atoms. The Morgan fingerprint density at radius 2 is 1.54 bits per heavy atom. The first-order chi connectivity index (χ1) is 13.4. The van der Waals surface area contributed by atoms with Crippen LogP contribution < -0.4 is 10.2 Å². The van der Waals surface area contributed by atoms with Gasteiger partial charge in [0, 0.05) is 5.02 Å². The van der Waals surface area contributed by atoms with E-state index < -0.39 is 11.7 Å². The minimum absolute atomic E-state index is 0.431. The predicted octanol–water partition coefficient (Wildman–Crippen LogP) is 6.38. The van der Waals surface area contributed by atoms with Crippen LogP contribution in [0.5, 0.6) is 5.75 Å². The Hall–Kier alpha value is -2.99. The van der Waals surface area contributed by atoms with Gasteiger partial charge in [0.05, 0.1) is 17.5 Å². The summed E-state index contributed by atoms with van der Waals surface area (Å²) in [6.45, 7) is 0.431. The van der Waals surface area contributed by atoms with Gasteiger partial charge in [-0.3, -0.25) is 5.43 Å². The van der Waals surface area contributed by atoms with E-state index in [9.17, 15) is 13.2 Å². The maximum atomic E-state index is 12.5. The van der Waals surface area contributed by atoms with E-state index in [0.29, 0.717) is 23.1 Å². The van der Waals surface area contributed by atoms with Crippen LogP contribution in [0, 0.1) is 0 Å². The third kappa shape index (κ3) is 5.76. The number of hydrazone groups is 1. The molecule has 3 rings (SSSR count). The van der Waals surface area contributed by atoms with Crippen LogP contribution in [0.2, 0.25) is 5.02 Å². The number of nitrogens with one attached hydrogen (secondary N) is 1. The zero-order chi connectivity index (χ0) is 20.0.